The maximum absolute atomic E-state index is 11.9. The smallest absolute Gasteiger partial charge is 0.237 e. The molecule has 0 saturated heterocycles. The average molecular weight is 273 g/mol. The van der Waals surface area contributed by atoms with Crippen LogP contribution in [-0.4, -0.2) is 56.7 Å². The van der Waals surface area contributed by atoms with Crippen LogP contribution in [0.25, 0.3) is 0 Å². The van der Waals surface area contributed by atoms with Crippen LogP contribution < -0.4 is 11.1 Å². The van der Waals surface area contributed by atoms with E-state index in [-0.39, 0.29) is 18.0 Å². The van der Waals surface area contributed by atoms with Crippen molar-refractivity contribution < 1.29 is 9.53 Å². The quantitative estimate of drug-likeness (QED) is 0.579. The van der Waals surface area contributed by atoms with Crippen molar-refractivity contribution in [3.63, 3.8) is 0 Å². The van der Waals surface area contributed by atoms with Crippen LogP contribution in [0.15, 0.2) is 0 Å². The lowest BCUT2D eigenvalue weighted by Gasteiger charge is -2.26. The number of carbonyl (C=O) groups excluding carboxylic acids is 1. The fourth-order valence-electron chi connectivity index (χ4n) is 1.66. The molecule has 114 valence electrons. The summed E-state index contributed by atoms with van der Waals surface area (Å²) in [7, 11) is 3.63. The number of amides is 1. The van der Waals surface area contributed by atoms with Gasteiger partial charge in [0, 0.05) is 32.8 Å². The Kier molecular flexibility index (Phi) is 9.83. The molecule has 0 fully saturated rings. The van der Waals surface area contributed by atoms with Crippen LogP contribution >= 0.6 is 0 Å². The summed E-state index contributed by atoms with van der Waals surface area (Å²) in [5.74, 6) is 0.545. The second kappa shape index (κ2) is 10.2. The summed E-state index contributed by atoms with van der Waals surface area (Å²) in [5.41, 5.74) is 6.01. The number of methoxy groups -OCH3 is 1. The van der Waals surface area contributed by atoms with E-state index in [1.165, 1.54) is 0 Å². The van der Waals surface area contributed by atoms with Crippen molar-refractivity contribution in [3.8, 4) is 0 Å². The summed E-state index contributed by atoms with van der Waals surface area (Å²) in [5, 5.41) is 2.92. The highest BCUT2D eigenvalue weighted by Crippen LogP contribution is 2.05. The number of nitrogens with zero attached hydrogens (tertiary/aromatic N) is 1. The number of nitrogens with one attached hydrogen (secondary N) is 1. The van der Waals surface area contributed by atoms with Gasteiger partial charge in [-0.05, 0) is 32.7 Å². The molecule has 0 aliphatic rings. The topological polar surface area (TPSA) is 67.6 Å². The summed E-state index contributed by atoms with van der Waals surface area (Å²) < 4.78 is 4.94. The normalized spacial score (nSPS) is 14.7. The Morgan fingerprint density at radius 3 is 2.53 bits per heavy atom. The van der Waals surface area contributed by atoms with Crippen molar-refractivity contribution >= 4 is 5.91 Å². The number of nitrogens with two attached hydrogens (primary N) is 1. The zero-order chi connectivity index (χ0) is 14.8. The highest BCUT2D eigenvalue weighted by atomic mass is 16.5. The van der Waals surface area contributed by atoms with E-state index < -0.39 is 0 Å². The number of hydrogen-bond donors (Lipinski definition) is 2. The van der Waals surface area contributed by atoms with Crippen LogP contribution in [-0.2, 0) is 9.53 Å². The molecule has 0 aromatic rings. The van der Waals surface area contributed by atoms with Gasteiger partial charge in [0.1, 0.15) is 0 Å². The molecule has 3 N–H and O–H groups in total. The largest absolute Gasteiger partial charge is 0.385 e. The van der Waals surface area contributed by atoms with Crippen LogP contribution in [0.5, 0.6) is 0 Å². The fraction of sp³-hybridized carbons (Fsp3) is 0.929. The zero-order valence-corrected chi connectivity index (χ0v) is 13.1. The third kappa shape index (κ3) is 8.18. The Morgan fingerprint density at radius 2 is 2.00 bits per heavy atom. The Bertz CT molecular complexity index is 247. The van der Waals surface area contributed by atoms with Gasteiger partial charge in [-0.25, -0.2) is 0 Å². The van der Waals surface area contributed by atoms with E-state index in [0.717, 1.165) is 19.4 Å². The standard InChI is InChI=1S/C14H31N3O2/c1-11(2)13(15)7-9-17(4)12(3)14(18)16-8-6-10-19-5/h11-13H,6-10,15H2,1-5H3,(H,16,18). The van der Waals surface area contributed by atoms with Crippen molar-refractivity contribution in [2.75, 3.05) is 33.9 Å². The van der Waals surface area contributed by atoms with Crippen molar-refractivity contribution in [2.45, 2.75) is 45.7 Å². The monoisotopic (exact) mass is 273 g/mol. The Morgan fingerprint density at radius 1 is 1.37 bits per heavy atom. The molecule has 2 unspecified atom stereocenters. The van der Waals surface area contributed by atoms with Gasteiger partial charge >= 0.3 is 0 Å². The van der Waals surface area contributed by atoms with Gasteiger partial charge < -0.3 is 15.8 Å². The predicted octanol–water partition coefficient (Wildman–Crippen LogP) is 0.833. The zero-order valence-electron chi connectivity index (χ0n) is 13.1. The minimum absolute atomic E-state index is 0.0664. The van der Waals surface area contributed by atoms with E-state index in [0.29, 0.717) is 19.1 Å². The highest BCUT2D eigenvalue weighted by Gasteiger charge is 2.18. The summed E-state index contributed by atoms with van der Waals surface area (Å²) in [4.78, 5) is 14.0. The van der Waals surface area contributed by atoms with Gasteiger partial charge in [-0.3, -0.25) is 9.69 Å². The SMILES string of the molecule is COCCCNC(=O)C(C)N(C)CCC(N)C(C)C. The summed E-state index contributed by atoms with van der Waals surface area (Å²) >= 11 is 0. The Balaban J connectivity index is 3.90. The van der Waals surface area contributed by atoms with Crippen molar-refractivity contribution in [1.29, 1.82) is 0 Å². The molecule has 5 heteroatoms. The lowest BCUT2D eigenvalue weighted by molar-refractivity contribution is -0.125. The molecule has 0 bridgehead atoms. The number of hydrogen-bond acceptors (Lipinski definition) is 4. The second-order valence-electron chi connectivity index (χ2n) is 5.49. The van der Waals surface area contributed by atoms with Crippen molar-refractivity contribution in [3.05, 3.63) is 0 Å². The van der Waals surface area contributed by atoms with Crippen molar-refractivity contribution in [2.24, 2.45) is 11.7 Å². The fourth-order valence-corrected chi connectivity index (χ4v) is 1.66. The second-order valence-corrected chi connectivity index (χ2v) is 5.49. The molecular formula is C14H31N3O2. The van der Waals surface area contributed by atoms with Crippen LogP contribution in [0.2, 0.25) is 0 Å². The molecule has 0 spiro atoms. The maximum atomic E-state index is 11.9. The van der Waals surface area contributed by atoms with Crippen molar-refractivity contribution in [1.82, 2.24) is 10.2 Å². The van der Waals surface area contributed by atoms with E-state index in [2.05, 4.69) is 19.2 Å². The molecule has 19 heavy (non-hydrogen) atoms. The molecule has 2 atom stereocenters. The molecule has 0 aromatic heterocycles. The summed E-state index contributed by atoms with van der Waals surface area (Å²) in [6.45, 7) is 8.34. The van der Waals surface area contributed by atoms with Gasteiger partial charge in [-0.1, -0.05) is 13.8 Å². The first kappa shape index (κ1) is 18.4. The lowest BCUT2D eigenvalue weighted by Crippen LogP contribution is -2.45. The molecule has 0 saturated carbocycles. The Hall–Kier alpha value is -0.650. The van der Waals surface area contributed by atoms with E-state index in [1.807, 2.05) is 18.9 Å². The molecule has 0 aromatic carbocycles. The van der Waals surface area contributed by atoms with E-state index >= 15 is 0 Å². The maximum Gasteiger partial charge on any atom is 0.237 e. The minimum atomic E-state index is -0.123. The van der Waals surface area contributed by atoms with E-state index in [4.69, 9.17) is 10.5 Å². The number of likely N-dealkylation sites (N-methyl/N-ethyl adjacent to an activating group) is 1. The predicted molar refractivity (Wildman–Crippen MR) is 79.0 cm³/mol. The number of rotatable bonds is 10. The molecule has 1 amide bonds. The first-order chi connectivity index (χ1) is 8.90. The third-order valence-electron chi connectivity index (χ3n) is 3.54. The van der Waals surface area contributed by atoms with Crippen LogP contribution in [0.1, 0.15) is 33.6 Å². The number of carbonyl (C=O) groups is 1. The van der Waals surface area contributed by atoms with Gasteiger partial charge in [-0.15, -0.1) is 0 Å². The molecule has 0 aliphatic heterocycles. The first-order valence-corrected chi connectivity index (χ1v) is 7.12. The highest BCUT2D eigenvalue weighted by molar-refractivity contribution is 5.81. The molecule has 0 rings (SSSR count). The van der Waals surface area contributed by atoms with Gasteiger partial charge in [0.25, 0.3) is 0 Å². The summed E-state index contributed by atoms with van der Waals surface area (Å²) in [6, 6.07) is 0.0707. The molecule has 0 radical (unpaired) electrons. The third-order valence-corrected chi connectivity index (χ3v) is 3.54. The van der Waals surface area contributed by atoms with Gasteiger partial charge in [0.15, 0.2) is 0 Å². The summed E-state index contributed by atoms with van der Waals surface area (Å²) in [6.07, 6.45) is 1.76. The molecule has 0 heterocycles. The van der Waals surface area contributed by atoms with Gasteiger partial charge in [0.05, 0.1) is 6.04 Å². The lowest BCUT2D eigenvalue weighted by atomic mass is 10.0. The first-order valence-electron chi connectivity index (χ1n) is 7.12. The molecular weight excluding hydrogens is 242 g/mol. The molecule has 5 nitrogen and oxygen atoms in total. The van der Waals surface area contributed by atoms with E-state index in [9.17, 15) is 4.79 Å². The average Bonchev–Trinajstić information content (AvgIpc) is 2.39. The van der Waals surface area contributed by atoms with Gasteiger partial charge in [0.2, 0.25) is 5.91 Å². The van der Waals surface area contributed by atoms with Crippen LogP contribution in [0.3, 0.4) is 0 Å². The van der Waals surface area contributed by atoms with Crippen LogP contribution in [0.4, 0.5) is 0 Å². The Labute approximate surface area is 117 Å². The van der Waals surface area contributed by atoms with Gasteiger partial charge in [-0.2, -0.15) is 0 Å². The van der Waals surface area contributed by atoms with Crippen LogP contribution in [0, 0.1) is 5.92 Å². The van der Waals surface area contributed by atoms with E-state index in [1.54, 1.807) is 7.11 Å². The number of ether oxygens (including phenoxy) is 1. The molecule has 0 aliphatic carbocycles. The minimum Gasteiger partial charge on any atom is -0.385 e.